The van der Waals surface area contributed by atoms with E-state index in [1.807, 2.05) is 18.2 Å². The first-order valence-corrected chi connectivity index (χ1v) is 14.3. The molecule has 1 aromatic heterocycles. The van der Waals surface area contributed by atoms with Gasteiger partial charge in [0.2, 0.25) is 11.8 Å². The van der Waals surface area contributed by atoms with E-state index in [4.69, 9.17) is 10.5 Å². The Labute approximate surface area is 218 Å². The van der Waals surface area contributed by atoms with Gasteiger partial charge < -0.3 is 10.5 Å². The van der Waals surface area contributed by atoms with E-state index in [2.05, 4.69) is 20.8 Å². The first-order chi connectivity index (χ1) is 17.8. The van der Waals surface area contributed by atoms with E-state index in [9.17, 15) is 13.2 Å². The summed E-state index contributed by atoms with van der Waals surface area (Å²) in [5.74, 6) is -0.0821. The summed E-state index contributed by atoms with van der Waals surface area (Å²) in [6.07, 6.45) is 8.58. The van der Waals surface area contributed by atoms with Crippen LogP contribution < -0.4 is 15.2 Å². The fourth-order valence-corrected chi connectivity index (χ4v) is 5.43. The van der Waals surface area contributed by atoms with Crippen molar-refractivity contribution in [3.8, 4) is 17.1 Å². The smallest absolute Gasteiger partial charge is 0.264 e. The summed E-state index contributed by atoms with van der Waals surface area (Å²) >= 11 is 0. The lowest BCUT2D eigenvalue weighted by Gasteiger charge is -2.16. The number of aryl methyl sites for hydroxylation is 1. The second-order valence-corrected chi connectivity index (χ2v) is 11.2. The molecular formula is C28H34N4O4S. The van der Waals surface area contributed by atoms with E-state index < -0.39 is 10.0 Å². The highest BCUT2D eigenvalue weighted by atomic mass is 32.2. The molecule has 0 saturated carbocycles. The number of aromatic nitrogens is 2. The Kier molecular flexibility index (Phi) is 8.89. The molecule has 196 valence electrons. The number of nitrogens with two attached hydrogens (primary N) is 1. The van der Waals surface area contributed by atoms with Crippen LogP contribution in [0.3, 0.4) is 0 Å². The SMILES string of the molecule is CC(=O)c1cccc(S(=O)(=O)Nc2nc3cc(n2)-c2ccccc2CCCCCCCC[C@@H](N)CO3)c1. The third-order valence-electron chi connectivity index (χ3n) is 6.49. The van der Waals surface area contributed by atoms with Crippen molar-refractivity contribution in [1.82, 2.24) is 9.97 Å². The Morgan fingerprint density at radius 3 is 2.54 bits per heavy atom. The van der Waals surface area contributed by atoms with Gasteiger partial charge in [0.05, 0.1) is 10.6 Å². The third kappa shape index (κ3) is 7.36. The molecule has 0 amide bonds. The maximum absolute atomic E-state index is 13.2. The van der Waals surface area contributed by atoms with Crippen LogP contribution in [0.5, 0.6) is 5.88 Å². The second kappa shape index (κ2) is 12.3. The fraction of sp³-hybridized carbons (Fsp3) is 0.393. The highest BCUT2D eigenvalue weighted by Gasteiger charge is 2.20. The zero-order valence-electron chi connectivity index (χ0n) is 21.2. The molecule has 37 heavy (non-hydrogen) atoms. The van der Waals surface area contributed by atoms with Crippen molar-refractivity contribution < 1.29 is 17.9 Å². The van der Waals surface area contributed by atoms with Gasteiger partial charge in [-0.25, -0.2) is 18.1 Å². The Balaban J connectivity index is 1.71. The molecule has 0 aliphatic carbocycles. The molecule has 0 unspecified atom stereocenters. The van der Waals surface area contributed by atoms with Crippen LogP contribution in [0.1, 0.15) is 67.8 Å². The molecule has 0 radical (unpaired) electrons. The summed E-state index contributed by atoms with van der Waals surface area (Å²) in [6.45, 7) is 1.66. The number of ether oxygens (including phenoxy) is 1. The lowest BCUT2D eigenvalue weighted by molar-refractivity contribution is 0.101. The molecule has 1 aliphatic rings. The third-order valence-corrected chi connectivity index (χ3v) is 7.81. The van der Waals surface area contributed by atoms with Crippen molar-refractivity contribution in [2.24, 2.45) is 5.73 Å². The Hall–Kier alpha value is -3.30. The summed E-state index contributed by atoms with van der Waals surface area (Å²) < 4.78 is 34.7. The molecule has 0 saturated heterocycles. The van der Waals surface area contributed by atoms with Crippen molar-refractivity contribution >= 4 is 21.8 Å². The van der Waals surface area contributed by atoms with Crippen LogP contribution in [0.2, 0.25) is 0 Å². The number of anilines is 1. The average molecular weight is 523 g/mol. The summed E-state index contributed by atoms with van der Waals surface area (Å²) in [5, 5.41) is 0. The zero-order chi connectivity index (χ0) is 26.3. The molecule has 8 nitrogen and oxygen atoms in total. The summed E-state index contributed by atoms with van der Waals surface area (Å²) in [5.41, 5.74) is 9.18. The van der Waals surface area contributed by atoms with E-state index in [1.165, 1.54) is 38.0 Å². The zero-order valence-corrected chi connectivity index (χ0v) is 22.0. The molecule has 2 aromatic carbocycles. The van der Waals surface area contributed by atoms with Gasteiger partial charge in [0.1, 0.15) is 6.61 Å². The molecule has 3 aromatic rings. The number of carbonyl (C=O) groups excluding carboxylic acids is 1. The predicted molar refractivity (Wildman–Crippen MR) is 144 cm³/mol. The van der Waals surface area contributed by atoms with E-state index in [0.29, 0.717) is 11.3 Å². The molecule has 4 rings (SSSR count). The van der Waals surface area contributed by atoms with Crippen molar-refractivity contribution in [2.45, 2.75) is 69.2 Å². The van der Waals surface area contributed by atoms with Gasteiger partial charge in [0.15, 0.2) is 5.78 Å². The highest BCUT2D eigenvalue weighted by Crippen LogP contribution is 2.28. The topological polar surface area (TPSA) is 124 Å². The Morgan fingerprint density at radius 2 is 1.73 bits per heavy atom. The lowest BCUT2D eigenvalue weighted by Crippen LogP contribution is -2.28. The van der Waals surface area contributed by atoms with Crippen molar-refractivity contribution in [3.63, 3.8) is 0 Å². The maximum atomic E-state index is 13.2. The number of nitrogens with one attached hydrogen (secondary N) is 1. The van der Waals surface area contributed by atoms with Gasteiger partial charge in [-0.1, -0.05) is 68.5 Å². The van der Waals surface area contributed by atoms with Gasteiger partial charge in [-0.05, 0) is 43.9 Å². The Morgan fingerprint density at radius 1 is 0.973 bits per heavy atom. The number of rotatable bonds is 4. The molecule has 3 N–H and O–H groups in total. The molecule has 9 heteroatoms. The molecule has 2 bridgehead atoms. The van der Waals surface area contributed by atoms with Crippen LogP contribution in [-0.4, -0.2) is 36.8 Å². The molecule has 0 fully saturated rings. The van der Waals surface area contributed by atoms with E-state index >= 15 is 0 Å². The second-order valence-electron chi connectivity index (χ2n) is 9.49. The standard InChI is InChI=1S/C28H34N4O4S/c1-20(33)22-13-10-15-24(17-22)37(34,35)32-28-30-26-18-27(31-28)36-19-23(29)14-7-5-3-2-4-6-11-21-12-8-9-16-25(21)26/h8-10,12-13,15-18,23H,2-7,11,14,19,29H2,1H3,(H,30,31,32)/t23-/m1/s1. The monoisotopic (exact) mass is 522 g/mol. The number of sulfonamides is 1. The van der Waals surface area contributed by atoms with Crippen LogP contribution in [0.15, 0.2) is 59.5 Å². The van der Waals surface area contributed by atoms with E-state index in [1.54, 1.807) is 12.1 Å². The molecule has 0 spiro atoms. The number of carbonyl (C=O) groups is 1. The molecule has 2 heterocycles. The number of nitrogens with zero attached hydrogens (tertiary/aromatic N) is 2. The molecular weight excluding hydrogens is 488 g/mol. The van der Waals surface area contributed by atoms with Gasteiger partial charge >= 0.3 is 0 Å². The largest absolute Gasteiger partial charge is 0.476 e. The average Bonchev–Trinajstić information content (AvgIpc) is 2.88. The number of Topliss-reactive ketones (excluding diaryl/α,β-unsaturated/α-hetero) is 1. The molecule has 1 aliphatic heterocycles. The van der Waals surface area contributed by atoms with Gasteiger partial charge in [-0.3, -0.25) is 4.79 Å². The fourth-order valence-electron chi connectivity index (χ4n) is 4.44. The minimum atomic E-state index is -4.05. The normalized spacial score (nSPS) is 17.3. The molecule has 1 atom stereocenters. The Bertz CT molecular complexity index is 1340. The first-order valence-electron chi connectivity index (χ1n) is 12.8. The quantitative estimate of drug-likeness (QED) is 0.455. The highest BCUT2D eigenvalue weighted by molar-refractivity contribution is 7.92. The van der Waals surface area contributed by atoms with Gasteiger partial charge in [0.25, 0.3) is 10.0 Å². The minimum absolute atomic E-state index is 0.0476. The number of ketones is 1. The number of fused-ring (bicyclic) bond motifs is 4. The van der Waals surface area contributed by atoms with E-state index in [-0.39, 0.29) is 35.2 Å². The van der Waals surface area contributed by atoms with Crippen molar-refractivity contribution in [2.75, 3.05) is 11.3 Å². The minimum Gasteiger partial charge on any atom is -0.476 e. The summed E-state index contributed by atoms with van der Waals surface area (Å²) in [4.78, 5) is 20.6. The van der Waals surface area contributed by atoms with Gasteiger partial charge in [-0.2, -0.15) is 4.98 Å². The number of hydrogen-bond acceptors (Lipinski definition) is 7. The predicted octanol–water partition coefficient (Wildman–Crippen LogP) is 5.14. The summed E-state index contributed by atoms with van der Waals surface area (Å²) in [7, 11) is -4.05. The number of benzene rings is 2. The maximum Gasteiger partial charge on any atom is 0.264 e. The van der Waals surface area contributed by atoms with Crippen LogP contribution >= 0.6 is 0 Å². The van der Waals surface area contributed by atoms with Gasteiger partial charge in [-0.15, -0.1) is 0 Å². The number of hydrogen-bond donors (Lipinski definition) is 2. The lowest BCUT2D eigenvalue weighted by atomic mass is 9.98. The summed E-state index contributed by atoms with van der Waals surface area (Å²) in [6, 6.07) is 15.4. The van der Waals surface area contributed by atoms with Crippen LogP contribution in [-0.2, 0) is 16.4 Å². The van der Waals surface area contributed by atoms with Crippen molar-refractivity contribution in [3.05, 3.63) is 65.7 Å². The van der Waals surface area contributed by atoms with Crippen LogP contribution in [0.25, 0.3) is 11.3 Å². The van der Waals surface area contributed by atoms with Crippen LogP contribution in [0.4, 0.5) is 5.95 Å². The van der Waals surface area contributed by atoms with Crippen molar-refractivity contribution in [1.29, 1.82) is 0 Å². The van der Waals surface area contributed by atoms with E-state index in [0.717, 1.165) is 49.7 Å². The first kappa shape index (κ1) is 26.8. The van der Waals surface area contributed by atoms with Crippen LogP contribution in [0, 0.1) is 0 Å². The van der Waals surface area contributed by atoms with Gasteiger partial charge in [0, 0.05) is 23.2 Å².